The molecule has 2 unspecified atom stereocenters. The number of aliphatic hydroxyl groups excluding tert-OH is 2. The van der Waals surface area contributed by atoms with Crippen LogP contribution in [0.5, 0.6) is 0 Å². The maximum absolute atomic E-state index is 9.34. The number of carbonyl (C=O) groups excluding carboxylic acids is 2. The molecule has 0 aliphatic rings. The van der Waals surface area contributed by atoms with E-state index in [9.17, 15) is 19.8 Å². The zero-order valence-electron chi connectivity index (χ0n) is 12.9. The Morgan fingerprint density at radius 1 is 0.680 bits per heavy atom. The molecule has 0 fully saturated rings. The van der Waals surface area contributed by atoms with Crippen LogP contribution < -0.4 is 10.2 Å². The molecule has 0 amide bonds. The Balaban J connectivity index is -0.0000000333. The molecule has 0 rings (SSSR count). The molecular formula is C6H10Mg3O14S2. The smallest absolute Gasteiger partial charge is 0.759 e. The molecule has 0 aliphatic carbocycles. The van der Waals surface area contributed by atoms with Gasteiger partial charge in [-0.1, -0.05) is 0 Å². The van der Waals surface area contributed by atoms with Crippen molar-refractivity contribution in [2.45, 2.75) is 26.1 Å². The molecule has 0 aromatic rings. The molecule has 0 aromatic heterocycles. The van der Waals surface area contributed by atoms with Crippen molar-refractivity contribution in [3.63, 3.8) is 0 Å². The van der Waals surface area contributed by atoms with E-state index in [1.165, 1.54) is 0 Å². The van der Waals surface area contributed by atoms with Gasteiger partial charge in [0.15, 0.2) is 0 Å². The van der Waals surface area contributed by atoms with Gasteiger partial charge in [0.2, 0.25) is 0 Å². The second-order valence-corrected chi connectivity index (χ2v) is 4.44. The van der Waals surface area contributed by atoms with Gasteiger partial charge in [0.1, 0.15) is 0 Å². The van der Waals surface area contributed by atoms with E-state index in [0.717, 1.165) is 13.8 Å². The van der Waals surface area contributed by atoms with Crippen molar-refractivity contribution < 1.29 is 65.1 Å². The van der Waals surface area contributed by atoms with Crippen LogP contribution in [0, 0.1) is 0 Å². The molecule has 0 heterocycles. The zero-order chi connectivity index (χ0) is 19.3. The van der Waals surface area contributed by atoms with Crippen molar-refractivity contribution in [1.82, 2.24) is 0 Å². The van der Waals surface area contributed by atoms with Gasteiger partial charge in [-0.2, -0.15) is 0 Å². The number of hydrogen-bond donors (Lipinski definition) is 2. The molecule has 2 N–H and O–H groups in total. The molecule has 0 saturated heterocycles. The Morgan fingerprint density at radius 2 is 0.720 bits per heavy atom. The second kappa shape index (κ2) is 22.9. The number of carboxylic acids is 2. The Kier molecular flexibility index (Phi) is 41.2. The summed E-state index contributed by atoms with van der Waals surface area (Å²) >= 11 is 0. The van der Waals surface area contributed by atoms with E-state index >= 15 is 0 Å². The van der Waals surface area contributed by atoms with E-state index in [2.05, 4.69) is 0 Å². The van der Waals surface area contributed by atoms with Gasteiger partial charge >= 0.3 is 69.2 Å². The monoisotopic (exact) mass is 442 g/mol. The first kappa shape index (κ1) is 45.0. The number of carbonyl (C=O) groups is 2. The number of aliphatic carboxylic acids is 2. The normalized spacial score (nSPS) is 11.2. The molecule has 136 valence electrons. The van der Waals surface area contributed by atoms with Crippen LogP contribution in [0.3, 0.4) is 0 Å². The fourth-order valence-electron chi connectivity index (χ4n) is 0. The maximum Gasteiger partial charge on any atom is 2.00 e. The SMILES string of the molecule is CC(O)C(=O)[O-].CC(O)C(=O)[O-].O=S(=O)([O-])[O-].O=S(=O)([O-])[O-].[Mg+2].[Mg+2].[Mg+2]. The zero-order valence-corrected chi connectivity index (χ0v) is 18.8. The van der Waals surface area contributed by atoms with Crippen molar-refractivity contribution in [1.29, 1.82) is 0 Å². The third-order valence-corrected chi connectivity index (χ3v) is 0.682. The molecular weight excluding hydrogens is 433 g/mol. The third kappa shape index (κ3) is 165. The predicted octanol–water partition coefficient (Wildman–Crippen LogP) is -7.58. The van der Waals surface area contributed by atoms with Crippen molar-refractivity contribution in [3.8, 4) is 0 Å². The number of rotatable bonds is 2. The van der Waals surface area contributed by atoms with Crippen LogP contribution in [0.1, 0.15) is 13.8 Å². The summed E-state index contributed by atoms with van der Waals surface area (Å²) in [5, 5.41) is 34.6. The summed E-state index contributed by atoms with van der Waals surface area (Å²) in [5.74, 6) is -2.87. The Morgan fingerprint density at radius 3 is 0.720 bits per heavy atom. The minimum absolute atomic E-state index is 0. The van der Waals surface area contributed by atoms with E-state index in [-0.39, 0.29) is 69.2 Å². The molecule has 0 aliphatic heterocycles. The first-order chi connectivity index (χ1) is 9.29. The van der Waals surface area contributed by atoms with E-state index in [4.69, 9.17) is 45.3 Å². The van der Waals surface area contributed by atoms with Crippen molar-refractivity contribution in [2.24, 2.45) is 0 Å². The van der Waals surface area contributed by atoms with E-state index < -0.39 is 44.9 Å². The molecule has 0 bridgehead atoms. The van der Waals surface area contributed by atoms with Crippen molar-refractivity contribution in [2.75, 3.05) is 0 Å². The van der Waals surface area contributed by atoms with Gasteiger partial charge < -0.3 is 48.2 Å². The van der Waals surface area contributed by atoms with Gasteiger partial charge in [-0.25, -0.2) is 0 Å². The maximum atomic E-state index is 9.34. The van der Waals surface area contributed by atoms with Gasteiger partial charge in [-0.15, -0.1) is 0 Å². The Hall–Kier alpha value is 0.899. The molecule has 0 radical (unpaired) electrons. The van der Waals surface area contributed by atoms with Crippen LogP contribution in [0.15, 0.2) is 0 Å². The average Bonchev–Trinajstić information content (AvgIpc) is 2.12. The molecule has 0 saturated carbocycles. The third-order valence-electron chi connectivity index (χ3n) is 0.682. The standard InChI is InChI=1S/2C3H6O3.3Mg.2H2O4S/c2*1-2(4)3(5)6;;;;2*1-5(2,3)4/h2*2,4H,1H3,(H,5,6);;;;2*(H2,1,2,3,4)/q;;3*+2;;/p-6. The van der Waals surface area contributed by atoms with Gasteiger partial charge in [0, 0.05) is 20.8 Å². The van der Waals surface area contributed by atoms with Crippen molar-refractivity contribution in [3.05, 3.63) is 0 Å². The Bertz CT molecular complexity index is 449. The quantitative estimate of drug-likeness (QED) is 0.228. The summed E-state index contributed by atoms with van der Waals surface area (Å²) < 4.78 is 68.2. The summed E-state index contributed by atoms with van der Waals surface area (Å²) in [5.41, 5.74) is 0. The van der Waals surface area contributed by atoms with Crippen LogP contribution in [0.4, 0.5) is 0 Å². The summed E-state index contributed by atoms with van der Waals surface area (Å²) in [7, 11) is -10.3. The largest absolute Gasteiger partial charge is 2.00 e. The molecule has 2 atom stereocenters. The van der Waals surface area contributed by atoms with Gasteiger partial charge in [0.05, 0.1) is 24.1 Å². The van der Waals surface area contributed by atoms with E-state index in [1.54, 1.807) is 0 Å². The molecule has 14 nitrogen and oxygen atoms in total. The first-order valence-electron chi connectivity index (χ1n) is 4.40. The summed E-state index contributed by atoms with van der Waals surface area (Å²) in [4.78, 5) is 18.7. The number of carboxylic acid groups (broad SMARTS) is 2. The Labute approximate surface area is 191 Å². The van der Waals surface area contributed by atoms with Gasteiger partial charge in [-0.3, -0.25) is 16.8 Å². The van der Waals surface area contributed by atoms with Crippen LogP contribution in [0.25, 0.3) is 0 Å². The molecule has 0 spiro atoms. The average molecular weight is 443 g/mol. The fraction of sp³-hybridized carbons (Fsp3) is 0.667. The minimum atomic E-state index is -5.17. The van der Waals surface area contributed by atoms with E-state index in [0.29, 0.717) is 0 Å². The molecule has 0 aromatic carbocycles. The van der Waals surface area contributed by atoms with Gasteiger partial charge in [-0.05, 0) is 13.8 Å². The van der Waals surface area contributed by atoms with Gasteiger partial charge in [0.25, 0.3) is 0 Å². The second-order valence-electron chi connectivity index (χ2n) is 2.81. The topological polar surface area (TPSA) is 281 Å². The fourth-order valence-corrected chi connectivity index (χ4v) is 0. The first-order valence-corrected chi connectivity index (χ1v) is 7.06. The summed E-state index contributed by atoms with van der Waals surface area (Å²) in [6, 6.07) is 0. The summed E-state index contributed by atoms with van der Waals surface area (Å²) in [6.07, 6.45) is -2.69. The number of aliphatic hydroxyl groups is 2. The van der Waals surface area contributed by atoms with E-state index in [1.807, 2.05) is 0 Å². The van der Waals surface area contributed by atoms with Crippen molar-refractivity contribution >= 4 is 102 Å². The van der Waals surface area contributed by atoms with Crippen LogP contribution in [0.2, 0.25) is 0 Å². The summed E-state index contributed by atoms with van der Waals surface area (Å²) in [6.45, 7) is 2.27. The number of hydrogen-bond acceptors (Lipinski definition) is 14. The molecule has 25 heavy (non-hydrogen) atoms. The minimum Gasteiger partial charge on any atom is -0.759 e. The van der Waals surface area contributed by atoms with Crippen LogP contribution in [-0.4, -0.2) is 139 Å². The van der Waals surface area contributed by atoms with Crippen LogP contribution >= 0.6 is 0 Å². The predicted molar refractivity (Wildman–Crippen MR) is 71.6 cm³/mol. The molecule has 19 heteroatoms. The van der Waals surface area contributed by atoms with Crippen LogP contribution in [-0.2, 0) is 30.4 Å².